The second kappa shape index (κ2) is 5.07. The van der Waals surface area contributed by atoms with Crippen LogP contribution >= 0.6 is 11.3 Å². The lowest BCUT2D eigenvalue weighted by molar-refractivity contribution is 0.501. The van der Waals surface area contributed by atoms with E-state index in [-0.39, 0.29) is 5.82 Å². The number of halogens is 1. The Hall–Kier alpha value is -1.79. The maximum Gasteiger partial charge on any atom is 0.257 e. The molecule has 0 fully saturated rings. The summed E-state index contributed by atoms with van der Waals surface area (Å²) in [5.74, 6) is 0.863. The Labute approximate surface area is 113 Å². The van der Waals surface area contributed by atoms with Gasteiger partial charge >= 0.3 is 0 Å². The van der Waals surface area contributed by atoms with Crippen molar-refractivity contribution in [2.45, 2.75) is 6.42 Å². The van der Waals surface area contributed by atoms with E-state index in [1.165, 1.54) is 23.5 Å². The second-order valence-corrected chi connectivity index (χ2v) is 5.23. The van der Waals surface area contributed by atoms with Crippen molar-refractivity contribution < 1.29 is 8.81 Å². The molecule has 0 aliphatic carbocycles. The molecule has 0 unspecified atom stereocenters. The van der Waals surface area contributed by atoms with Gasteiger partial charge < -0.3 is 9.73 Å². The number of hydrogen-bond acceptors (Lipinski definition) is 5. The van der Waals surface area contributed by atoms with E-state index in [1.54, 1.807) is 6.07 Å². The molecule has 3 aromatic rings. The van der Waals surface area contributed by atoms with Crippen LogP contribution in [0.15, 0.2) is 28.7 Å². The molecule has 1 N–H and O–H groups in total. The number of nitrogens with one attached hydrogen (secondary N) is 1. The Bertz CT molecular complexity index is 707. The van der Waals surface area contributed by atoms with E-state index in [0.29, 0.717) is 18.2 Å². The third kappa shape index (κ3) is 2.50. The van der Waals surface area contributed by atoms with Crippen molar-refractivity contribution in [2.24, 2.45) is 0 Å². The highest BCUT2D eigenvalue weighted by atomic mass is 32.1. The molecule has 0 atom stereocenters. The zero-order valence-electron chi connectivity index (χ0n) is 10.3. The van der Waals surface area contributed by atoms with Gasteiger partial charge in [0, 0.05) is 17.7 Å². The van der Waals surface area contributed by atoms with Crippen LogP contribution in [0, 0.1) is 5.82 Å². The summed E-state index contributed by atoms with van der Waals surface area (Å²) in [4.78, 5) is 0.865. The smallest absolute Gasteiger partial charge is 0.257 e. The highest BCUT2D eigenvalue weighted by Crippen LogP contribution is 2.33. The molecular formula is C13H12FN3OS. The van der Waals surface area contributed by atoms with Gasteiger partial charge in [0.05, 0.1) is 4.88 Å². The minimum Gasteiger partial charge on any atom is -0.420 e. The standard InChI is InChI=1S/C13H12FN3OS/c1-15-5-4-12-16-17-13(18-12)11-6-8-2-3-9(14)7-10(8)19-11/h2-3,6-7,15H,4-5H2,1H3. The van der Waals surface area contributed by atoms with Gasteiger partial charge in [0.25, 0.3) is 5.89 Å². The summed E-state index contributed by atoms with van der Waals surface area (Å²) in [5.41, 5.74) is 0. The van der Waals surface area contributed by atoms with Crippen LogP contribution in [0.25, 0.3) is 20.9 Å². The van der Waals surface area contributed by atoms with Gasteiger partial charge in [-0.05, 0) is 30.6 Å². The largest absolute Gasteiger partial charge is 0.420 e. The van der Waals surface area contributed by atoms with Gasteiger partial charge in [0.1, 0.15) is 5.82 Å². The summed E-state index contributed by atoms with van der Waals surface area (Å²) in [6, 6.07) is 6.66. The molecule has 0 aliphatic heterocycles. The third-order valence-corrected chi connectivity index (χ3v) is 3.83. The molecule has 3 rings (SSSR count). The van der Waals surface area contributed by atoms with Crippen LogP contribution in [0.3, 0.4) is 0 Å². The van der Waals surface area contributed by atoms with E-state index in [1.807, 2.05) is 13.1 Å². The lowest BCUT2D eigenvalue weighted by Crippen LogP contribution is -2.10. The number of benzene rings is 1. The number of hydrogen-bond donors (Lipinski definition) is 1. The van der Waals surface area contributed by atoms with Crippen molar-refractivity contribution in [3.8, 4) is 10.8 Å². The first-order valence-corrected chi connectivity index (χ1v) is 6.74. The van der Waals surface area contributed by atoms with Crippen molar-refractivity contribution in [3.63, 3.8) is 0 Å². The van der Waals surface area contributed by atoms with Crippen molar-refractivity contribution in [3.05, 3.63) is 36.0 Å². The first kappa shape index (κ1) is 12.3. The number of thiophene rings is 1. The van der Waals surface area contributed by atoms with Crippen LogP contribution in [0.1, 0.15) is 5.89 Å². The highest BCUT2D eigenvalue weighted by Gasteiger charge is 2.12. The van der Waals surface area contributed by atoms with E-state index >= 15 is 0 Å². The summed E-state index contributed by atoms with van der Waals surface area (Å²) in [5, 5.41) is 12.0. The molecule has 6 heteroatoms. The highest BCUT2D eigenvalue weighted by molar-refractivity contribution is 7.22. The van der Waals surface area contributed by atoms with Gasteiger partial charge in [-0.2, -0.15) is 0 Å². The lowest BCUT2D eigenvalue weighted by Gasteiger charge is -1.91. The molecule has 98 valence electrons. The van der Waals surface area contributed by atoms with Gasteiger partial charge in [-0.25, -0.2) is 4.39 Å². The summed E-state index contributed by atoms with van der Waals surface area (Å²) in [6.45, 7) is 0.791. The van der Waals surface area contributed by atoms with Crippen molar-refractivity contribution >= 4 is 21.4 Å². The SMILES string of the molecule is CNCCc1nnc(-c2cc3ccc(F)cc3s2)o1. The monoisotopic (exact) mass is 277 g/mol. The van der Waals surface area contributed by atoms with Crippen LogP contribution < -0.4 is 5.32 Å². The Balaban J connectivity index is 1.92. The maximum absolute atomic E-state index is 13.1. The first-order valence-electron chi connectivity index (χ1n) is 5.93. The van der Waals surface area contributed by atoms with E-state index in [9.17, 15) is 4.39 Å². The second-order valence-electron chi connectivity index (χ2n) is 4.15. The van der Waals surface area contributed by atoms with Crippen molar-refractivity contribution in [1.29, 1.82) is 0 Å². The molecule has 0 aliphatic rings. The van der Waals surface area contributed by atoms with Gasteiger partial charge in [0.15, 0.2) is 0 Å². The Morgan fingerprint density at radius 2 is 2.21 bits per heavy atom. The average molecular weight is 277 g/mol. The van der Waals surface area contributed by atoms with Gasteiger partial charge in [0.2, 0.25) is 5.89 Å². The zero-order valence-corrected chi connectivity index (χ0v) is 11.1. The predicted octanol–water partition coefficient (Wildman–Crippen LogP) is 2.85. The van der Waals surface area contributed by atoms with E-state index in [2.05, 4.69) is 15.5 Å². The number of rotatable bonds is 4. The van der Waals surface area contributed by atoms with Crippen LogP contribution in [0.5, 0.6) is 0 Å². The van der Waals surface area contributed by atoms with Crippen LogP contribution in [-0.2, 0) is 6.42 Å². The molecule has 4 nitrogen and oxygen atoms in total. The fourth-order valence-electron chi connectivity index (χ4n) is 1.80. The molecule has 0 radical (unpaired) electrons. The number of likely N-dealkylation sites (N-methyl/N-ethyl adjacent to an activating group) is 1. The van der Waals surface area contributed by atoms with Crippen LogP contribution in [0.4, 0.5) is 4.39 Å². The van der Waals surface area contributed by atoms with Crippen molar-refractivity contribution in [2.75, 3.05) is 13.6 Å². The fraction of sp³-hybridized carbons (Fsp3) is 0.231. The normalized spacial score (nSPS) is 11.3. The zero-order chi connectivity index (χ0) is 13.2. The number of aromatic nitrogens is 2. The summed E-state index contributed by atoms with van der Waals surface area (Å²) in [7, 11) is 1.87. The lowest BCUT2D eigenvalue weighted by atomic mass is 10.2. The molecule has 0 saturated heterocycles. The first-order chi connectivity index (χ1) is 9.26. The molecule has 2 aromatic heterocycles. The quantitative estimate of drug-likeness (QED) is 0.796. The Kier molecular flexibility index (Phi) is 3.27. The van der Waals surface area contributed by atoms with Crippen LogP contribution in [0.2, 0.25) is 0 Å². The summed E-state index contributed by atoms with van der Waals surface area (Å²) >= 11 is 1.45. The Morgan fingerprint density at radius 3 is 3.05 bits per heavy atom. The molecule has 2 heterocycles. The third-order valence-electron chi connectivity index (χ3n) is 2.75. The molecular weight excluding hydrogens is 265 g/mol. The van der Waals surface area contributed by atoms with Crippen molar-refractivity contribution in [1.82, 2.24) is 15.5 Å². The number of nitrogens with zero attached hydrogens (tertiary/aromatic N) is 2. The maximum atomic E-state index is 13.1. The van der Waals surface area contributed by atoms with E-state index < -0.39 is 0 Å². The number of fused-ring (bicyclic) bond motifs is 1. The van der Waals surface area contributed by atoms with Gasteiger partial charge in [-0.1, -0.05) is 6.07 Å². The molecule has 0 amide bonds. The fourth-order valence-corrected chi connectivity index (χ4v) is 2.81. The van der Waals surface area contributed by atoms with Crippen LogP contribution in [-0.4, -0.2) is 23.8 Å². The molecule has 19 heavy (non-hydrogen) atoms. The van der Waals surface area contributed by atoms with Gasteiger partial charge in [-0.15, -0.1) is 21.5 Å². The van der Waals surface area contributed by atoms with Gasteiger partial charge in [-0.3, -0.25) is 0 Å². The predicted molar refractivity (Wildman–Crippen MR) is 72.7 cm³/mol. The molecule has 0 spiro atoms. The molecule has 0 bridgehead atoms. The summed E-state index contributed by atoms with van der Waals surface area (Å²) < 4.78 is 19.6. The Morgan fingerprint density at radius 1 is 1.32 bits per heavy atom. The van der Waals surface area contributed by atoms with E-state index in [0.717, 1.165) is 21.5 Å². The topological polar surface area (TPSA) is 51.0 Å². The summed E-state index contributed by atoms with van der Waals surface area (Å²) in [6.07, 6.45) is 0.697. The van der Waals surface area contributed by atoms with E-state index in [4.69, 9.17) is 4.42 Å². The minimum atomic E-state index is -0.235. The average Bonchev–Trinajstić information content (AvgIpc) is 3.01. The molecule has 1 aromatic carbocycles. The molecule has 0 saturated carbocycles. The minimum absolute atomic E-state index is 0.235.